The maximum Gasteiger partial charge on any atom is 0.146 e. The molecule has 0 aromatic rings. The zero-order valence-electron chi connectivity index (χ0n) is 8.04. The molecule has 0 rings (SSSR count). The van der Waals surface area contributed by atoms with Gasteiger partial charge < -0.3 is 14.6 Å². The summed E-state index contributed by atoms with van der Waals surface area (Å²) in [4.78, 5) is 0. The van der Waals surface area contributed by atoms with Crippen molar-refractivity contribution in [3.05, 3.63) is 12.7 Å². The average Bonchev–Trinajstić information content (AvgIpc) is 2.05. The second-order valence-electron chi connectivity index (χ2n) is 2.90. The number of aliphatic hydroxyl groups is 1. The van der Waals surface area contributed by atoms with E-state index in [9.17, 15) is 5.11 Å². The van der Waals surface area contributed by atoms with Crippen LogP contribution in [0.1, 0.15) is 20.3 Å². The number of rotatable bonds is 6. The van der Waals surface area contributed by atoms with Gasteiger partial charge in [-0.2, -0.15) is 0 Å². The lowest BCUT2D eigenvalue weighted by atomic mass is 9.97. The van der Waals surface area contributed by atoms with Crippen LogP contribution in [-0.2, 0) is 9.47 Å². The molecule has 0 bridgehead atoms. The van der Waals surface area contributed by atoms with Crippen LogP contribution in [0, 0.1) is 0 Å². The predicted octanol–water partition coefficient (Wildman–Crippen LogP) is 1.32. The Labute approximate surface area is 74.0 Å². The van der Waals surface area contributed by atoms with Gasteiger partial charge in [-0.05, 0) is 13.3 Å². The molecule has 0 fully saturated rings. The molecule has 0 aromatic carbocycles. The Balaban J connectivity index is 4.03. The number of hydrogen-bond acceptors (Lipinski definition) is 3. The molecule has 0 aromatic heterocycles. The molecule has 0 unspecified atom stereocenters. The third-order valence-corrected chi connectivity index (χ3v) is 1.82. The lowest BCUT2D eigenvalue weighted by Crippen LogP contribution is -2.39. The molecule has 3 nitrogen and oxygen atoms in total. The summed E-state index contributed by atoms with van der Waals surface area (Å²) in [5.74, 6) is 0. The van der Waals surface area contributed by atoms with Crippen molar-refractivity contribution in [2.45, 2.75) is 32.0 Å². The SMILES string of the molecule is C=C[C@@](C)(O)[C@@H](CC)OCOC. The lowest BCUT2D eigenvalue weighted by molar-refractivity contribution is -0.132. The molecule has 0 saturated heterocycles. The highest BCUT2D eigenvalue weighted by Gasteiger charge is 2.27. The Kier molecular flexibility index (Phi) is 5.13. The summed E-state index contributed by atoms with van der Waals surface area (Å²) < 4.78 is 10.00. The maximum atomic E-state index is 9.71. The second-order valence-corrected chi connectivity index (χ2v) is 2.90. The molecule has 72 valence electrons. The highest BCUT2D eigenvalue weighted by molar-refractivity contribution is 4.97. The van der Waals surface area contributed by atoms with Crippen molar-refractivity contribution in [2.75, 3.05) is 13.9 Å². The molecular formula is C9H18O3. The van der Waals surface area contributed by atoms with E-state index in [0.29, 0.717) is 0 Å². The highest BCUT2D eigenvalue weighted by Crippen LogP contribution is 2.17. The molecule has 0 amide bonds. The van der Waals surface area contributed by atoms with Gasteiger partial charge in [-0.15, -0.1) is 6.58 Å². The Bertz CT molecular complexity index is 132. The molecule has 1 N–H and O–H groups in total. The smallest absolute Gasteiger partial charge is 0.146 e. The second kappa shape index (κ2) is 5.30. The normalized spacial score (nSPS) is 18.3. The standard InChI is InChI=1S/C9H18O3/c1-5-8(12-7-11-4)9(3,10)6-2/h6,8,10H,2,5,7H2,1,3-4H3/t8-,9-/m1/s1. The molecule has 0 radical (unpaired) electrons. The van der Waals surface area contributed by atoms with E-state index in [1.807, 2.05) is 6.92 Å². The van der Waals surface area contributed by atoms with E-state index < -0.39 is 5.60 Å². The third-order valence-electron chi connectivity index (χ3n) is 1.82. The number of hydrogen-bond donors (Lipinski definition) is 1. The molecule has 0 heterocycles. The molecule has 0 aliphatic carbocycles. The Morgan fingerprint density at radius 3 is 2.58 bits per heavy atom. The van der Waals surface area contributed by atoms with Crippen LogP contribution in [0.2, 0.25) is 0 Å². The summed E-state index contributed by atoms with van der Waals surface area (Å²) in [5, 5.41) is 9.71. The van der Waals surface area contributed by atoms with Crippen LogP contribution in [0.4, 0.5) is 0 Å². The van der Waals surface area contributed by atoms with Crippen molar-refractivity contribution in [1.29, 1.82) is 0 Å². The molecule has 12 heavy (non-hydrogen) atoms. The minimum absolute atomic E-state index is 0.197. The van der Waals surface area contributed by atoms with E-state index in [1.165, 1.54) is 6.08 Å². The van der Waals surface area contributed by atoms with Gasteiger partial charge in [-0.1, -0.05) is 13.0 Å². The predicted molar refractivity (Wildman–Crippen MR) is 47.9 cm³/mol. The molecule has 0 aliphatic heterocycles. The summed E-state index contributed by atoms with van der Waals surface area (Å²) in [6.07, 6.45) is 1.95. The van der Waals surface area contributed by atoms with Crippen LogP contribution in [0.3, 0.4) is 0 Å². The van der Waals surface area contributed by atoms with E-state index in [0.717, 1.165) is 6.42 Å². The van der Waals surface area contributed by atoms with E-state index >= 15 is 0 Å². The van der Waals surface area contributed by atoms with Crippen LogP contribution < -0.4 is 0 Å². The van der Waals surface area contributed by atoms with E-state index in [-0.39, 0.29) is 12.9 Å². The Morgan fingerprint density at radius 2 is 2.25 bits per heavy atom. The topological polar surface area (TPSA) is 38.7 Å². The van der Waals surface area contributed by atoms with Gasteiger partial charge >= 0.3 is 0 Å². The minimum Gasteiger partial charge on any atom is -0.383 e. The van der Waals surface area contributed by atoms with Crippen molar-refractivity contribution in [3.8, 4) is 0 Å². The zero-order chi connectivity index (χ0) is 9.61. The molecule has 2 atom stereocenters. The summed E-state index contributed by atoms with van der Waals surface area (Å²) in [6.45, 7) is 7.35. The molecule has 0 aliphatic rings. The first-order chi connectivity index (χ1) is 5.58. The van der Waals surface area contributed by atoms with Crippen LogP contribution in [0.5, 0.6) is 0 Å². The largest absolute Gasteiger partial charge is 0.383 e. The summed E-state index contributed by atoms with van der Waals surface area (Å²) in [7, 11) is 1.55. The third kappa shape index (κ3) is 3.34. The molecular weight excluding hydrogens is 156 g/mol. The fraction of sp³-hybridized carbons (Fsp3) is 0.778. The monoisotopic (exact) mass is 174 g/mol. The minimum atomic E-state index is -0.979. The zero-order valence-corrected chi connectivity index (χ0v) is 8.04. The quantitative estimate of drug-likeness (QED) is 0.487. The van der Waals surface area contributed by atoms with Gasteiger partial charge in [0.2, 0.25) is 0 Å². The van der Waals surface area contributed by atoms with E-state index in [2.05, 4.69) is 6.58 Å². The van der Waals surface area contributed by atoms with Gasteiger partial charge in [0.1, 0.15) is 12.4 Å². The first-order valence-electron chi connectivity index (χ1n) is 4.05. The first kappa shape index (κ1) is 11.6. The lowest BCUT2D eigenvalue weighted by Gasteiger charge is -2.28. The van der Waals surface area contributed by atoms with Gasteiger partial charge in [0.05, 0.1) is 6.10 Å². The van der Waals surface area contributed by atoms with Crippen LogP contribution >= 0.6 is 0 Å². The summed E-state index contributed by atoms with van der Waals surface area (Å²) in [5.41, 5.74) is -0.979. The summed E-state index contributed by atoms with van der Waals surface area (Å²) in [6, 6.07) is 0. The maximum absolute atomic E-state index is 9.71. The fourth-order valence-electron chi connectivity index (χ4n) is 0.981. The van der Waals surface area contributed by atoms with Gasteiger partial charge in [0.25, 0.3) is 0 Å². The molecule has 3 heteroatoms. The summed E-state index contributed by atoms with van der Waals surface area (Å²) >= 11 is 0. The van der Waals surface area contributed by atoms with Crippen LogP contribution in [0.25, 0.3) is 0 Å². The first-order valence-corrected chi connectivity index (χ1v) is 4.05. The van der Waals surface area contributed by atoms with Crippen molar-refractivity contribution < 1.29 is 14.6 Å². The van der Waals surface area contributed by atoms with E-state index in [1.54, 1.807) is 14.0 Å². The number of methoxy groups -OCH3 is 1. The van der Waals surface area contributed by atoms with Crippen LogP contribution in [-0.4, -0.2) is 30.7 Å². The van der Waals surface area contributed by atoms with Crippen LogP contribution in [0.15, 0.2) is 12.7 Å². The van der Waals surface area contributed by atoms with Crippen molar-refractivity contribution in [2.24, 2.45) is 0 Å². The molecule has 0 saturated carbocycles. The Morgan fingerprint density at radius 1 is 1.67 bits per heavy atom. The fourth-order valence-corrected chi connectivity index (χ4v) is 0.981. The van der Waals surface area contributed by atoms with Crippen molar-refractivity contribution >= 4 is 0 Å². The van der Waals surface area contributed by atoms with Gasteiger partial charge in [0.15, 0.2) is 0 Å². The van der Waals surface area contributed by atoms with Crippen molar-refractivity contribution in [3.63, 3.8) is 0 Å². The molecule has 0 spiro atoms. The van der Waals surface area contributed by atoms with Crippen molar-refractivity contribution in [1.82, 2.24) is 0 Å². The number of ether oxygens (including phenoxy) is 2. The van der Waals surface area contributed by atoms with E-state index in [4.69, 9.17) is 9.47 Å². The van der Waals surface area contributed by atoms with Gasteiger partial charge in [-0.3, -0.25) is 0 Å². The van der Waals surface area contributed by atoms with Gasteiger partial charge in [-0.25, -0.2) is 0 Å². The average molecular weight is 174 g/mol. The van der Waals surface area contributed by atoms with Gasteiger partial charge in [0, 0.05) is 7.11 Å². The Hall–Kier alpha value is -0.380. The highest BCUT2D eigenvalue weighted by atomic mass is 16.7.